The van der Waals surface area contributed by atoms with Crippen LogP contribution in [0.3, 0.4) is 0 Å². The van der Waals surface area contributed by atoms with E-state index in [-0.39, 0.29) is 6.04 Å². The molecule has 19 heavy (non-hydrogen) atoms. The molecular formula is C12H18BrN5S. The average molecular weight is 344 g/mol. The van der Waals surface area contributed by atoms with Crippen molar-refractivity contribution in [3.63, 3.8) is 0 Å². The molecule has 0 aromatic carbocycles. The highest BCUT2D eigenvalue weighted by Crippen LogP contribution is 2.32. The quantitative estimate of drug-likeness (QED) is 0.906. The summed E-state index contributed by atoms with van der Waals surface area (Å²) in [6.45, 7) is 9.22. The zero-order valence-electron chi connectivity index (χ0n) is 11.5. The van der Waals surface area contributed by atoms with Crippen LogP contribution in [0.25, 0.3) is 0 Å². The van der Waals surface area contributed by atoms with Gasteiger partial charge in [0.05, 0.1) is 33.0 Å². The number of aryl methyl sites for hydroxylation is 1. The monoisotopic (exact) mass is 343 g/mol. The molecule has 1 unspecified atom stereocenters. The third-order valence-electron chi connectivity index (χ3n) is 2.91. The second kappa shape index (κ2) is 6.11. The number of halogens is 1. The molecule has 0 aliphatic carbocycles. The second-order valence-corrected chi connectivity index (χ2v) is 6.27. The van der Waals surface area contributed by atoms with Gasteiger partial charge in [0.25, 0.3) is 0 Å². The molecule has 0 radical (unpaired) electrons. The van der Waals surface area contributed by atoms with Crippen LogP contribution in [-0.2, 0) is 0 Å². The summed E-state index contributed by atoms with van der Waals surface area (Å²) in [4.78, 5) is 1.14. The Morgan fingerprint density at radius 1 is 1.47 bits per heavy atom. The molecule has 0 spiro atoms. The number of rotatable bonds is 5. The largest absolute Gasteiger partial charge is 0.304 e. The maximum atomic E-state index is 4.45. The van der Waals surface area contributed by atoms with Gasteiger partial charge in [0, 0.05) is 6.04 Å². The van der Waals surface area contributed by atoms with Crippen LogP contribution in [0.1, 0.15) is 49.1 Å². The Morgan fingerprint density at radius 3 is 2.74 bits per heavy atom. The number of hydrogen-bond donors (Lipinski definition) is 1. The molecule has 2 aromatic rings. The van der Waals surface area contributed by atoms with Gasteiger partial charge >= 0.3 is 0 Å². The highest BCUT2D eigenvalue weighted by atomic mass is 79.9. The first-order chi connectivity index (χ1) is 9.06. The summed E-state index contributed by atoms with van der Waals surface area (Å²) < 4.78 is 7.10. The molecule has 1 atom stereocenters. The van der Waals surface area contributed by atoms with Crippen molar-refractivity contribution in [1.29, 1.82) is 0 Å². The molecule has 7 heteroatoms. The lowest BCUT2D eigenvalue weighted by molar-refractivity contribution is 0.476. The van der Waals surface area contributed by atoms with E-state index in [4.69, 9.17) is 0 Å². The Bertz CT molecular complexity index is 548. The Kier molecular flexibility index (Phi) is 4.70. The van der Waals surface area contributed by atoms with Gasteiger partial charge in [0.2, 0.25) is 0 Å². The van der Waals surface area contributed by atoms with Gasteiger partial charge in [0.15, 0.2) is 0 Å². The van der Waals surface area contributed by atoms with E-state index in [0.29, 0.717) is 6.04 Å². The minimum atomic E-state index is 0.0734. The molecule has 104 valence electrons. The molecule has 0 aliphatic rings. The van der Waals surface area contributed by atoms with Gasteiger partial charge in [-0.25, -0.2) is 0 Å². The number of nitrogens with zero attached hydrogens (tertiary/aromatic N) is 4. The fourth-order valence-corrected chi connectivity index (χ4v) is 3.28. The fourth-order valence-electron chi connectivity index (χ4n) is 2.05. The van der Waals surface area contributed by atoms with Crippen molar-refractivity contribution < 1.29 is 0 Å². The van der Waals surface area contributed by atoms with E-state index in [1.807, 2.05) is 17.8 Å². The van der Waals surface area contributed by atoms with E-state index in [9.17, 15) is 0 Å². The first kappa shape index (κ1) is 14.6. The minimum Gasteiger partial charge on any atom is -0.304 e. The lowest BCUT2D eigenvalue weighted by Gasteiger charge is -2.20. The molecule has 0 aliphatic heterocycles. The first-order valence-corrected chi connectivity index (χ1v) is 7.88. The lowest BCUT2D eigenvalue weighted by atomic mass is 10.1. The predicted octanol–water partition coefficient (Wildman–Crippen LogP) is 3.09. The second-order valence-electron chi connectivity index (χ2n) is 4.63. The van der Waals surface area contributed by atoms with Gasteiger partial charge in [-0.15, -0.1) is 5.10 Å². The molecule has 2 rings (SSSR count). The highest BCUT2D eigenvalue weighted by molar-refractivity contribution is 9.10. The van der Waals surface area contributed by atoms with Gasteiger partial charge in [0.1, 0.15) is 0 Å². The van der Waals surface area contributed by atoms with Crippen LogP contribution in [0.5, 0.6) is 0 Å². The number of aromatic nitrogens is 4. The summed E-state index contributed by atoms with van der Waals surface area (Å²) in [6, 6.07) is 0.382. The minimum absolute atomic E-state index is 0.0734. The zero-order valence-corrected chi connectivity index (χ0v) is 13.9. The molecule has 1 N–H and O–H groups in total. The fraction of sp³-hybridized carbons (Fsp3) is 0.583. The van der Waals surface area contributed by atoms with Gasteiger partial charge < -0.3 is 5.32 Å². The maximum Gasteiger partial charge on any atom is 0.0888 e. The van der Waals surface area contributed by atoms with E-state index in [0.717, 1.165) is 27.3 Å². The van der Waals surface area contributed by atoms with Crippen LogP contribution in [0.4, 0.5) is 0 Å². The van der Waals surface area contributed by atoms with Crippen LogP contribution in [0.15, 0.2) is 10.7 Å². The van der Waals surface area contributed by atoms with Crippen molar-refractivity contribution >= 4 is 27.5 Å². The molecule has 0 bridgehead atoms. The summed E-state index contributed by atoms with van der Waals surface area (Å²) in [6.07, 6.45) is 1.85. The molecule has 0 saturated carbocycles. The van der Waals surface area contributed by atoms with Crippen LogP contribution < -0.4 is 5.32 Å². The van der Waals surface area contributed by atoms with E-state index in [1.165, 1.54) is 11.5 Å². The van der Waals surface area contributed by atoms with E-state index in [1.54, 1.807) is 0 Å². The third kappa shape index (κ3) is 2.88. The zero-order chi connectivity index (χ0) is 14.0. The van der Waals surface area contributed by atoms with Crippen LogP contribution in [0.2, 0.25) is 0 Å². The van der Waals surface area contributed by atoms with Crippen LogP contribution >= 0.6 is 27.5 Å². The summed E-state index contributed by atoms with van der Waals surface area (Å²) in [5.41, 5.74) is 2.10. The smallest absolute Gasteiger partial charge is 0.0888 e. The van der Waals surface area contributed by atoms with Crippen molar-refractivity contribution in [2.24, 2.45) is 0 Å². The normalized spacial score (nSPS) is 13.2. The topological polar surface area (TPSA) is 55.6 Å². The van der Waals surface area contributed by atoms with Crippen molar-refractivity contribution in [2.75, 3.05) is 6.54 Å². The predicted molar refractivity (Wildman–Crippen MR) is 80.5 cm³/mol. The third-order valence-corrected chi connectivity index (χ3v) is 4.41. The van der Waals surface area contributed by atoms with Gasteiger partial charge in [-0.05, 0) is 54.8 Å². The Morgan fingerprint density at radius 2 is 2.21 bits per heavy atom. The molecule has 2 aromatic heterocycles. The molecular weight excluding hydrogens is 326 g/mol. The van der Waals surface area contributed by atoms with Crippen LogP contribution in [0, 0.1) is 6.92 Å². The number of hydrogen-bond acceptors (Lipinski definition) is 5. The van der Waals surface area contributed by atoms with Crippen molar-refractivity contribution in [3.05, 3.63) is 26.9 Å². The highest BCUT2D eigenvalue weighted by Gasteiger charge is 2.25. The average Bonchev–Trinajstić information content (AvgIpc) is 2.93. The standard InChI is InChI=1S/C12H18BrN5S/c1-5-14-10(12-8(4)16-17-19-12)11-9(13)6-15-18(11)7(2)3/h6-7,10,14H,5H2,1-4H3. The van der Waals surface area contributed by atoms with Crippen LogP contribution in [-0.4, -0.2) is 25.9 Å². The SMILES string of the molecule is CCNC(c1snnc1C)c1c(Br)cnn1C(C)C. The summed E-state index contributed by atoms with van der Waals surface area (Å²) in [5.74, 6) is 0. The lowest BCUT2D eigenvalue weighted by Crippen LogP contribution is -2.25. The van der Waals surface area contributed by atoms with E-state index >= 15 is 0 Å². The molecule has 0 fully saturated rings. The van der Waals surface area contributed by atoms with Gasteiger partial charge in [-0.1, -0.05) is 11.4 Å². The van der Waals surface area contributed by atoms with E-state index < -0.39 is 0 Å². The summed E-state index contributed by atoms with van der Waals surface area (Å²) >= 11 is 5.05. The van der Waals surface area contributed by atoms with Gasteiger partial charge in [-0.3, -0.25) is 4.68 Å². The van der Waals surface area contributed by atoms with Crippen molar-refractivity contribution in [3.8, 4) is 0 Å². The Hall–Kier alpha value is -0.790. The van der Waals surface area contributed by atoms with Crippen molar-refractivity contribution in [2.45, 2.75) is 39.8 Å². The Balaban J connectivity index is 2.51. The summed E-state index contributed by atoms with van der Waals surface area (Å²) in [5, 5.41) is 12.1. The van der Waals surface area contributed by atoms with E-state index in [2.05, 4.69) is 56.7 Å². The molecule has 2 heterocycles. The number of nitrogens with one attached hydrogen (secondary N) is 1. The summed E-state index contributed by atoms with van der Waals surface area (Å²) in [7, 11) is 0. The maximum absolute atomic E-state index is 4.45. The van der Waals surface area contributed by atoms with Gasteiger partial charge in [-0.2, -0.15) is 5.10 Å². The van der Waals surface area contributed by atoms with Crippen molar-refractivity contribution in [1.82, 2.24) is 24.7 Å². The molecule has 0 amide bonds. The molecule has 0 saturated heterocycles. The molecule has 5 nitrogen and oxygen atoms in total. The first-order valence-electron chi connectivity index (χ1n) is 6.31. The Labute approximate surface area is 125 Å².